The number of para-hydroxylation sites is 1. The van der Waals surface area contributed by atoms with Crippen LogP contribution in [0.1, 0.15) is 17.2 Å². The third kappa shape index (κ3) is 3.50. The third-order valence-corrected chi connectivity index (χ3v) is 7.43. The van der Waals surface area contributed by atoms with Crippen molar-refractivity contribution in [1.29, 1.82) is 0 Å². The number of aromatic nitrogens is 1. The van der Waals surface area contributed by atoms with Crippen LogP contribution in [-0.2, 0) is 4.79 Å². The van der Waals surface area contributed by atoms with E-state index in [1.54, 1.807) is 0 Å². The largest absolute Gasteiger partial charge is 0.301 e. The van der Waals surface area contributed by atoms with Gasteiger partial charge in [-0.1, -0.05) is 72.0 Å². The van der Waals surface area contributed by atoms with Gasteiger partial charge in [-0.15, -0.1) is 0 Å². The average Bonchev–Trinajstić information content (AvgIpc) is 3.38. The molecule has 3 aromatic carbocycles. The predicted molar refractivity (Wildman–Crippen MR) is 130 cm³/mol. The van der Waals surface area contributed by atoms with Crippen LogP contribution in [0.4, 0.5) is 5.13 Å². The van der Waals surface area contributed by atoms with Crippen LogP contribution in [-0.4, -0.2) is 53.4 Å². The molecule has 160 valence electrons. The number of benzene rings is 3. The van der Waals surface area contributed by atoms with E-state index < -0.39 is 0 Å². The van der Waals surface area contributed by atoms with Crippen molar-refractivity contribution < 1.29 is 4.79 Å². The smallest absolute Gasteiger partial charge is 0.240 e. The van der Waals surface area contributed by atoms with Crippen molar-refractivity contribution in [2.24, 2.45) is 0 Å². The molecule has 4 aromatic rings. The second kappa shape index (κ2) is 8.13. The Labute approximate surface area is 191 Å². The van der Waals surface area contributed by atoms with E-state index in [-0.39, 0.29) is 5.91 Å². The number of hydrogen-bond acceptors (Lipinski definition) is 5. The van der Waals surface area contributed by atoms with E-state index in [4.69, 9.17) is 0 Å². The van der Waals surface area contributed by atoms with E-state index in [2.05, 4.69) is 68.6 Å². The van der Waals surface area contributed by atoms with Gasteiger partial charge in [0, 0.05) is 26.2 Å². The molecule has 0 radical (unpaired) electrons. The predicted octanol–water partition coefficient (Wildman–Crippen LogP) is 4.62. The lowest BCUT2D eigenvalue weighted by Gasteiger charge is -2.38. The highest BCUT2D eigenvalue weighted by atomic mass is 32.1. The fraction of sp³-hybridized carbons (Fsp3) is 0.231. The Hall–Kier alpha value is -3.06. The summed E-state index contributed by atoms with van der Waals surface area (Å²) in [5, 5.41) is 3.66. The highest BCUT2D eigenvalue weighted by molar-refractivity contribution is 7.22. The van der Waals surface area contributed by atoms with Crippen LogP contribution >= 0.6 is 11.3 Å². The first kappa shape index (κ1) is 19.6. The number of carbonyl (C=O) groups is 1. The Morgan fingerprint density at radius 3 is 2.19 bits per heavy atom. The molecule has 0 saturated carbocycles. The molecule has 6 heteroatoms. The topological polar surface area (TPSA) is 48.5 Å². The number of fused-ring (bicyclic) bond motifs is 4. The van der Waals surface area contributed by atoms with Crippen molar-refractivity contribution in [3.05, 3.63) is 83.9 Å². The summed E-state index contributed by atoms with van der Waals surface area (Å²) in [5.74, 6) is 0.00839. The fourth-order valence-corrected chi connectivity index (χ4v) is 5.87. The maximum absolute atomic E-state index is 12.6. The lowest BCUT2D eigenvalue weighted by atomic mass is 10.0. The second-order valence-electron chi connectivity index (χ2n) is 8.42. The maximum Gasteiger partial charge on any atom is 0.240 e. The number of thiazole rings is 1. The molecule has 6 rings (SSSR count). The minimum absolute atomic E-state index is 0.00839. The number of hydrogen-bond donors (Lipinski definition) is 1. The summed E-state index contributed by atoms with van der Waals surface area (Å²) in [4.78, 5) is 21.9. The molecule has 1 aliphatic carbocycles. The van der Waals surface area contributed by atoms with Gasteiger partial charge in [0.2, 0.25) is 5.91 Å². The van der Waals surface area contributed by atoms with Gasteiger partial charge in [-0.3, -0.25) is 14.6 Å². The number of anilines is 1. The quantitative estimate of drug-likeness (QED) is 0.503. The van der Waals surface area contributed by atoms with Crippen LogP contribution in [0.15, 0.2) is 72.8 Å². The summed E-state index contributed by atoms with van der Waals surface area (Å²) in [6.45, 7) is 4.06. The average molecular weight is 441 g/mol. The molecule has 5 nitrogen and oxygen atoms in total. The first-order valence-electron chi connectivity index (χ1n) is 11.1. The van der Waals surface area contributed by atoms with Crippen LogP contribution in [0, 0.1) is 0 Å². The molecule has 2 aliphatic rings. The highest BCUT2D eigenvalue weighted by Gasteiger charge is 2.34. The molecule has 1 aliphatic heterocycles. The first-order valence-corrected chi connectivity index (χ1v) is 11.9. The number of nitrogens with zero attached hydrogens (tertiary/aromatic N) is 3. The number of nitrogens with one attached hydrogen (secondary N) is 1. The molecule has 1 N–H and O–H groups in total. The first-order chi connectivity index (χ1) is 15.8. The van der Waals surface area contributed by atoms with Gasteiger partial charge in [0.15, 0.2) is 5.13 Å². The van der Waals surface area contributed by atoms with Gasteiger partial charge < -0.3 is 5.32 Å². The fourth-order valence-electron chi connectivity index (χ4n) is 4.99. The molecule has 1 saturated heterocycles. The van der Waals surface area contributed by atoms with Crippen molar-refractivity contribution in [2.45, 2.75) is 6.04 Å². The highest BCUT2D eigenvalue weighted by Crippen LogP contribution is 2.46. The Morgan fingerprint density at radius 2 is 1.50 bits per heavy atom. The summed E-state index contributed by atoms with van der Waals surface area (Å²) in [7, 11) is 0. The number of rotatable bonds is 4. The summed E-state index contributed by atoms with van der Waals surface area (Å²) >= 11 is 1.52. The van der Waals surface area contributed by atoms with Crippen molar-refractivity contribution in [3.8, 4) is 11.1 Å². The Balaban J connectivity index is 1.11. The summed E-state index contributed by atoms with van der Waals surface area (Å²) in [6.07, 6.45) is 0. The van der Waals surface area contributed by atoms with E-state index in [1.807, 2.05) is 24.3 Å². The second-order valence-corrected chi connectivity index (χ2v) is 9.45. The number of amides is 1. The van der Waals surface area contributed by atoms with Crippen molar-refractivity contribution in [3.63, 3.8) is 0 Å². The number of carbonyl (C=O) groups excluding carboxylic acids is 1. The van der Waals surface area contributed by atoms with Gasteiger partial charge in [-0.05, 0) is 34.4 Å². The summed E-state index contributed by atoms with van der Waals surface area (Å²) < 4.78 is 1.09. The normalized spacial score (nSPS) is 16.8. The molecule has 32 heavy (non-hydrogen) atoms. The molecule has 1 aromatic heterocycles. The Kier molecular flexibility index (Phi) is 4.98. The molecule has 0 bridgehead atoms. The number of piperazine rings is 1. The van der Waals surface area contributed by atoms with Crippen LogP contribution < -0.4 is 5.32 Å². The maximum atomic E-state index is 12.6. The molecule has 0 unspecified atom stereocenters. The van der Waals surface area contributed by atoms with Gasteiger partial charge in [0.1, 0.15) is 0 Å². The molecule has 1 fully saturated rings. The minimum Gasteiger partial charge on any atom is -0.301 e. The zero-order valence-corrected chi connectivity index (χ0v) is 18.5. The van der Waals surface area contributed by atoms with E-state index in [0.717, 1.165) is 36.4 Å². The van der Waals surface area contributed by atoms with Gasteiger partial charge in [0.25, 0.3) is 0 Å². The van der Waals surface area contributed by atoms with Crippen LogP contribution in [0.25, 0.3) is 21.3 Å². The SMILES string of the molecule is O=C(CN1CCN(C2c3ccccc3-c3ccccc32)CC1)Nc1nc2ccccc2s1. The summed E-state index contributed by atoms with van der Waals surface area (Å²) in [5.41, 5.74) is 6.43. The van der Waals surface area contributed by atoms with E-state index >= 15 is 0 Å². The Bertz CT molecular complexity index is 1210. The summed E-state index contributed by atoms with van der Waals surface area (Å²) in [6, 6.07) is 25.8. The van der Waals surface area contributed by atoms with Crippen molar-refractivity contribution >= 4 is 32.6 Å². The molecule has 1 amide bonds. The van der Waals surface area contributed by atoms with Gasteiger partial charge in [-0.25, -0.2) is 4.98 Å². The van der Waals surface area contributed by atoms with Crippen molar-refractivity contribution in [1.82, 2.24) is 14.8 Å². The lowest BCUT2D eigenvalue weighted by Crippen LogP contribution is -2.49. The van der Waals surface area contributed by atoms with Crippen LogP contribution in [0.5, 0.6) is 0 Å². The van der Waals surface area contributed by atoms with Crippen LogP contribution in [0.3, 0.4) is 0 Å². The zero-order chi connectivity index (χ0) is 21.5. The zero-order valence-electron chi connectivity index (χ0n) is 17.7. The molecule has 0 spiro atoms. The van der Waals surface area contributed by atoms with E-state index in [1.165, 1.54) is 33.6 Å². The molecular formula is C26H24N4OS. The van der Waals surface area contributed by atoms with Crippen LogP contribution in [0.2, 0.25) is 0 Å². The minimum atomic E-state index is 0.00839. The standard InChI is InChI=1S/C26H24N4OS/c31-24(28-26-27-22-11-5-6-12-23(22)32-26)17-29-13-15-30(16-14-29)25-20-9-3-1-7-18(20)19-8-2-4-10-21(19)25/h1-12,25H,13-17H2,(H,27,28,31). The molecule has 0 atom stereocenters. The van der Waals surface area contributed by atoms with E-state index in [9.17, 15) is 4.79 Å². The van der Waals surface area contributed by atoms with E-state index in [0.29, 0.717) is 17.7 Å². The van der Waals surface area contributed by atoms with Gasteiger partial charge >= 0.3 is 0 Å². The lowest BCUT2D eigenvalue weighted by molar-refractivity contribution is -0.117. The Morgan fingerprint density at radius 1 is 0.875 bits per heavy atom. The monoisotopic (exact) mass is 440 g/mol. The van der Waals surface area contributed by atoms with Gasteiger partial charge in [0.05, 0.1) is 22.8 Å². The van der Waals surface area contributed by atoms with Gasteiger partial charge in [-0.2, -0.15) is 0 Å². The third-order valence-electron chi connectivity index (χ3n) is 6.48. The molecule has 2 heterocycles. The molecular weight excluding hydrogens is 416 g/mol. The van der Waals surface area contributed by atoms with Crippen molar-refractivity contribution in [2.75, 3.05) is 38.0 Å².